The van der Waals surface area contributed by atoms with Crippen LogP contribution in [0.2, 0.25) is 0 Å². The Bertz CT molecular complexity index is 387. The molecule has 0 amide bonds. The van der Waals surface area contributed by atoms with Gasteiger partial charge in [-0.2, -0.15) is 13.2 Å². The predicted octanol–water partition coefficient (Wildman–Crippen LogP) is 4.30. The van der Waals surface area contributed by atoms with Gasteiger partial charge in [0, 0.05) is 6.04 Å². The van der Waals surface area contributed by atoms with Crippen molar-refractivity contribution >= 4 is 0 Å². The minimum atomic E-state index is -4.51. The second kappa shape index (κ2) is 6.18. The zero-order valence-corrected chi connectivity index (χ0v) is 10.4. The predicted molar refractivity (Wildman–Crippen MR) is 62.7 cm³/mol. The third-order valence-electron chi connectivity index (χ3n) is 2.84. The average Bonchev–Trinajstić information content (AvgIpc) is 2.28. The standard InChI is InChI=1S/C13H17F4N/c1-3-4-5-12(18-2)9-6-10(13(15,16)17)8-11(14)7-9/h6-8,12,18H,3-5H2,1-2H3. The molecule has 0 aliphatic rings. The van der Waals surface area contributed by atoms with Crippen molar-refractivity contribution in [2.45, 2.75) is 38.4 Å². The first-order valence-electron chi connectivity index (χ1n) is 5.93. The molecule has 1 rings (SSSR count). The van der Waals surface area contributed by atoms with Crippen molar-refractivity contribution in [1.29, 1.82) is 0 Å². The molecule has 0 fully saturated rings. The lowest BCUT2D eigenvalue weighted by atomic mass is 9.99. The summed E-state index contributed by atoms with van der Waals surface area (Å²) in [6.45, 7) is 2.00. The van der Waals surface area contributed by atoms with E-state index in [1.54, 1.807) is 7.05 Å². The molecule has 1 atom stereocenters. The van der Waals surface area contributed by atoms with Crippen LogP contribution >= 0.6 is 0 Å². The summed E-state index contributed by atoms with van der Waals surface area (Å²) >= 11 is 0. The van der Waals surface area contributed by atoms with Gasteiger partial charge >= 0.3 is 6.18 Å². The van der Waals surface area contributed by atoms with E-state index in [9.17, 15) is 17.6 Å². The molecule has 1 aromatic carbocycles. The molecule has 0 aliphatic carbocycles. The van der Waals surface area contributed by atoms with E-state index in [2.05, 4.69) is 5.32 Å². The van der Waals surface area contributed by atoms with Gasteiger partial charge in [-0.1, -0.05) is 19.8 Å². The maximum absolute atomic E-state index is 13.2. The van der Waals surface area contributed by atoms with Crippen molar-refractivity contribution in [3.05, 3.63) is 35.1 Å². The van der Waals surface area contributed by atoms with Crippen molar-refractivity contribution in [2.75, 3.05) is 7.05 Å². The maximum atomic E-state index is 13.2. The van der Waals surface area contributed by atoms with Crippen LogP contribution in [0.25, 0.3) is 0 Å². The molecular formula is C13H17F4N. The quantitative estimate of drug-likeness (QED) is 0.781. The van der Waals surface area contributed by atoms with Gasteiger partial charge in [0.1, 0.15) is 5.82 Å². The summed E-state index contributed by atoms with van der Waals surface area (Å²) in [5, 5.41) is 2.93. The molecule has 0 saturated heterocycles. The van der Waals surface area contributed by atoms with Crippen LogP contribution in [0.5, 0.6) is 0 Å². The lowest BCUT2D eigenvalue weighted by molar-refractivity contribution is -0.137. The zero-order valence-electron chi connectivity index (χ0n) is 10.4. The molecule has 1 nitrogen and oxygen atoms in total. The Morgan fingerprint density at radius 1 is 1.22 bits per heavy atom. The Labute approximate surface area is 104 Å². The Morgan fingerprint density at radius 2 is 1.89 bits per heavy atom. The van der Waals surface area contributed by atoms with Crippen LogP contribution in [-0.4, -0.2) is 7.05 Å². The molecule has 102 valence electrons. The molecule has 0 radical (unpaired) electrons. The first-order valence-corrected chi connectivity index (χ1v) is 5.93. The fourth-order valence-corrected chi connectivity index (χ4v) is 1.86. The number of halogens is 4. The molecule has 0 saturated carbocycles. The molecule has 1 unspecified atom stereocenters. The van der Waals surface area contributed by atoms with Gasteiger partial charge in [-0.05, 0) is 37.2 Å². The first kappa shape index (κ1) is 15.0. The highest BCUT2D eigenvalue weighted by Crippen LogP contribution is 2.32. The summed E-state index contributed by atoms with van der Waals surface area (Å²) in [5.41, 5.74) is -0.590. The van der Waals surface area contributed by atoms with Gasteiger partial charge in [0.05, 0.1) is 5.56 Å². The van der Waals surface area contributed by atoms with Crippen LogP contribution in [0.1, 0.15) is 43.4 Å². The number of unbranched alkanes of at least 4 members (excludes halogenated alkanes) is 1. The van der Waals surface area contributed by atoms with Crippen LogP contribution < -0.4 is 5.32 Å². The smallest absolute Gasteiger partial charge is 0.313 e. The van der Waals surface area contributed by atoms with Gasteiger partial charge in [-0.25, -0.2) is 4.39 Å². The van der Waals surface area contributed by atoms with Crippen LogP contribution in [0.3, 0.4) is 0 Å². The van der Waals surface area contributed by atoms with Crippen molar-refractivity contribution < 1.29 is 17.6 Å². The summed E-state index contributed by atoms with van der Waals surface area (Å²) in [6.07, 6.45) is -2.00. The Balaban J connectivity index is 3.04. The van der Waals surface area contributed by atoms with Gasteiger partial charge < -0.3 is 5.32 Å². The summed E-state index contributed by atoms with van der Waals surface area (Å²) in [5.74, 6) is -0.850. The fraction of sp³-hybridized carbons (Fsp3) is 0.538. The SMILES string of the molecule is CCCCC(NC)c1cc(F)cc(C(F)(F)F)c1. The first-order chi connectivity index (χ1) is 8.38. The number of hydrogen-bond acceptors (Lipinski definition) is 1. The van der Waals surface area contributed by atoms with Crippen LogP contribution in [0.4, 0.5) is 17.6 Å². The minimum Gasteiger partial charge on any atom is -0.313 e. The zero-order chi connectivity index (χ0) is 13.8. The number of hydrogen-bond donors (Lipinski definition) is 1. The van der Waals surface area contributed by atoms with Gasteiger partial charge in [-0.3, -0.25) is 0 Å². The lowest BCUT2D eigenvalue weighted by Gasteiger charge is -2.18. The van der Waals surface area contributed by atoms with E-state index < -0.39 is 17.6 Å². The second-order valence-corrected chi connectivity index (χ2v) is 4.25. The van der Waals surface area contributed by atoms with Gasteiger partial charge in [0.2, 0.25) is 0 Å². The third kappa shape index (κ3) is 3.98. The molecule has 5 heteroatoms. The van der Waals surface area contributed by atoms with Crippen LogP contribution in [0, 0.1) is 5.82 Å². The summed E-state index contributed by atoms with van der Waals surface area (Å²) in [6, 6.07) is 2.45. The van der Waals surface area contributed by atoms with E-state index >= 15 is 0 Å². The number of nitrogens with one attached hydrogen (secondary N) is 1. The largest absolute Gasteiger partial charge is 0.416 e. The molecule has 0 bridgehead atoms. The van der Waals surface area contributed by atoms with Crippen LogP contribution in [-0.2, 0) is 6.18 Å². The molecule has 0 heterocycles. The van der Waals surface area contributed by atoms with E-state index in [0.717, 1.165) is 25.0 Å². The van der Waals surface area contributed by atoms with E-state index in [1.165, 1.54) is 0 Å². The number of benzene rings is 1. The highest BCUT2D eigenvalue weighted by molar-refractivity contribution is 5.29. The van der Waals surface area contributed by atoms with Crippen molar-refractivity contribution in [3.63, 3.8) is 0 Å². The van der Waals surface area contributed by atoms with Gasteiger partial charge in [0.15, 0.2) is 0 Å². The molecule has 1 aromatic rings. The summed E-state index contributed by atoms with van der Waals surface area (Å²) < 4.78 is 51.0. The van der Waals surface area contributed by atoms with Crippen LogP contribution in [0.15, 0.2) is 18.2 Å². The maximum Gasteiger partial charge on any atom is 0.416 e. The highest BCUT2D eigenvalue weighted by atomic mass is 19.4. The Hall–Kier alpha value is -1.10. The molecule has 18 heavy (non-hydrogen) atoms. The Kier molecular flexibility index (Phi) is 5.14. The topological polar surface area (TPSA) is 12.0 Å². The fourth-order valence-electron chi connectivity index (χ4n) is 1.86. The average molecular weight is 263 g/mol. The van der Waals surface area contributed by atoms with Gasteiger partial charge in [-0.15, -0.1) is 0 Å². The molecule has 1 N–H and O–H groups in total. The highest BCUT2D eigenvalue weighted by Gasteiger charge is 2.31. The lowest BCUT2D eigenvalue weighted by Crippen LogP contribution is -2.17. The van der Waals surface area contributed by atoms with E-state index in [0.29, 0.717) is 18.1 Å². The molecule has 0 aromatic heterocycles. The van der Waals surface area contributed by atoms with E-state index in [4.69, 9.17) is 0 Å². The Morgan fingerprint density at radius 3 is 2.39 bits per heavy atom. The summed E-state index contributed by atoms with van der Waals surface area (Å²) in [7, 11) is 1.67. The molecule has 0 aliphatic heterocycles. The van der Waals surface area contributed by atoms with Crippen molar-refractivity contribution in [1.82, 2.24) is 5.32 Å². The second-order valence-electron chi connectivity index (χ2n) is 4.25. The summed E-state index contributed by atoms with van der Waals surface area (Å²) in [4.78, 5) is 0. The van der Waals surface area contributed by atoms with E-state index in [1.807, 2.05) is 6.92 Å². The van der Waals surface area contributed by atoms with Crippen molar-refractivity contribution in [3.8, 4) is 0 Å². The number of alkyl halides is 3. The molecular weight excluding hydrogens is 246 g/mol. The number of rotatable bonds is 5. The van der Waals surface area contributed by atoms with E-state index in [-0.39, 0.29) is 6.04 Å². The monoisotopic (exact) mass is 263 g/mol. The van der Waals surface area contributed by atoms with Gasteiger partial charge in [0.25, 0.3) is 0 Å². The minimum absolute atomic E-state index is 0.248. The molecule has 0 spiro atoms. The third-order valence-corrected chi connectivity index (χ3v) is 2.84. The van der Waals surface area contributed by atoms with Crippen molar-refractivity contribution in [2.24, 2.45) is 0 Å². The normalized spacial score (nSPS) is 13.7.